The number of nitrogens with two attached hydrogens (primary N) is 1. The third-order valence-corrected chi connectivity index (χ3v) is 1.54. The third-order valence-electron chi connectivity index (χ3n) is 1.54. The maximum absolute atomic E-state index is 10.6. The Morgan fingerprint density at radius 3 is 2.75 bits per heavy atom. The van der Waals surface area contributed by atoms with Crippen LogP contribution in [0, 0.1) is 0 Å². The summed E-state index contributed by atoms with van der Waals surface area (Å²) in [5.41, 5.74) is 3.39. The highest BCUT2D eigenvalue weighted by molar-refractivity contribution is 5.89. The van der Waals surface area contributed by atoms with Gasteiger partial charge in [-0.25, -0.2) is 4.79 Å². The van der Waals surface area contributed by atoms with Crippen LogP contribution in [-0.2, 0) is 6.54 Å². The fourth-order valence-electron chi connectivity index (χ4n) is 0.993. The molecular weight excluding hydrogens is 156 g/mol. The van der Waals surface area contributed by atoms with E-state index in [9.17, 15) is 4.79 Å². The highest BCUT2D eigenvalue weighted by Gasteiger charge is 2.06. The fraction of sp³-hybridized carbons (Fsp3) is 0.125. The number of carboxylic acids is 1. The molecule has 0 saturated carbocycles. The Morgan fingerprint density at radius 2 is 2.17 bits per heavy atom. The Kier molecular flexibility index (Phi) is 2.79. The molecule has 1 rings (SSSR count). The summed E-state index contributed by atoms with van der Waals surface area (Å²) in [6.45, 7) is 0.364. The monoisotopic (exact) mass is 166 g/mol. The number of aromatic carboxylic acids is 1. The van der Waals surface area contributed by atoms with E-state index in [0.29, 0.717) is 12.1 Å². The van der Waals surface area contributed by atoms with Gasteiger partial charge in [0.25, 0.3) is 0 Å². The number of carbonyl (C=O) groups is 1. The molecule has 0 aliphatic heterocycles. The molecule has 0 aliphatic carbocycles. The lowest BCUT2D eigenvalue weighted by molar-refractivity contribution is 0.0695. The highest BCUT2D eigenvalue weighted by Crippen LogP contribution is 2.07. The van der Waals surface area contributed by atoms with Crippen molar-refractivity contribution in [2.24, 2.45) is 5.84 Å². The number of hydrogen-bond acceptors (Lipinski definition) is 3. The second kappa shape index (κ2) is 3.85. The van der Waals surface area contributed by atoms with Crippen molar-refractivity contribution in [3.8, 4) is 0 Å². The molecule has 0 atom stereocenters. The fourth-order valence-corrected chi connectivity index (χ4v) is 0.993. The van der Waals surface area contributed by atoms with Crippen molar-refractivity contribution in [1.82, 2.24) is 5.43 Å². The van der Waals surface area contributed by atoms with E-state index < -0.39 is 5.97 Å². The molecule has 0 heterocycles. The number of nitrogens with one attached hydrogen (secondary N) is 1. The van der Waals surface area contributed by atoms with Crippen LogP contribution < -0.4 is 11.3 Å². The van der Waals surface area contributed by atoms with Crippen LogP contribution in [0.15, 0.2) is 24.3 Å². The van der Waals surface area contributed by atoms with Crippen molar-refractivity contribution < 1.29 is 9.90 Å². The van der Waals surface area contributed by atoms with E-state index in [1.807, 2.05) is 0 Å². The largest absolute Gasteiger partial charge is 0.478 e. The second-order valence-corrected chi connectivity index (χ2v) is 2.34. The van der Waals surface area contributed by atoms with Crippen molar-refractivity contribution in [2.75, 3.05) is 0 Å². The Hall–Kier alpha value is -1.39. The summed E-state index contributed by atoms with van der Waals surface area (Å²) in [5.74, 6) is 4.16. The van der Waals surface area contributed by atoms with Gasteiger partial charge in [0.1, 0.15) is 0 Å². The molecule has 0 radical (unpaired) electrons. The Bertz CT molecular complexity index is 286. The van der Waals surface area contributed by atoms with Gasteiger partial charge in [-0.2, -0.15) is 0 Å². The van der Waals surface area contributed by atoms with Crippen molar-refractivity contribution >= 4 is 5.97 Å². The first-order valence-electron chi connectivity index (χ1n) is 3.50. The minimum absolute atomic E-state index is 0.287. The molecule has 0 bridgehead atoms. The first kappa shape index (κ1) is 8.70. The van der Waals surface area contributed by atoms with E-state index in [-0.39, 0.29) is 5.56 Å². The van der Waals surface area contributed by atoms with Crippen molar-refractivity contribution in [2.45, 2.75) is 6.54 Å². The quantitative estimate of drug-likeness (QED) is 0.447. The molecule has 0 aromatic heterocycles. The zero-order chi connectivity index (χ0) is 8.97. The van der Waals surface area contributed by atoms with Crippen LogP contribution in [0.1, 0.15) is 15.9 Å². The molecule has 1 aromatic rings. The minimum atomic E-state index is -0.930. The van der Waals surface area contributed by atoms with Crippen LogP contribution in [0.2, 0.25) is 0 Å². The molecule has 4 nitrogen and oxygen atoms in total. The summed E-state index contributed by atoms with van der Waals surface area (Å²) >= 11 is 0. The smallest absolute Gasteiger partial charge is 0.336 e. The Balaban J connectivity index is 3.00. The van der Waals surface area contributed by atoms with Gasteiger partial charge >= 0.3 is 5.97 Å². The van der Waals surface area contributed by atoms with E-state index in [1.165, 1.54) is 0 Å². The predicted molar refractivity (Wildman–Crippen MR) is 44.4 cm³/mol. The number of carboxylic acid groups (broad SMARTS) is 1. The Labute approximate surface area is 70.0 Å². The van der Waals surface area contributed by atoms with E-state index in [4.69, 9.17) is 10.9 Å². The van der Waals surface area contributed by atoms with E-state index in [0.717, 1.165) is 0 Å². The first-order valence-corrected chi connectivity index (χ1v) is 3.50. The molecule has 12 heavy (non-hydrogen) atoms. The molecule has 0 saturated heterocycles. The van der Waals surface area contributed by atoms with Gasteiger partial charge in [-0.15, -0.1) is 0 Å². The van der Waals surface area contributed by atoms with Crippen molar-refractivity contribution in [3.63, 3.8) is 0 Å². The SMILES string of the molecule is NNCc1ccccc1C(=O)O. The summed E-state index contributed by atoms with van der Waals surface area (Å²) in [6.07, 6.45) is 0. The molecule has 0 spiro atoms. The molecule has 1 aromatic carbocycles. The zero-order valence-electron chi connectivity index (χ0n) is 6.45. The summed E-state index contributed by atoms with van der Waals surface area (Å²) in [7, 11) is 0. The van der Waals surface area contributed by atoms with Gasteiger partial charge in [0, 0.05) is 6.54 Å². The van der Waals surface area contributed by atoms with Crippen LogP contribution in [0.3, 0.4) is 0 Å². The van der Waals surface area contributed by atoms with Crippen LogP contribution in [-0.4, -0.2) is 11.1 Å². The molecule has 0 fully saturated rings. The maximum Gasteiger partial charge on any atom is 0.336 e. The number of rotatable bonds is 3. The number of hydrogen-bond donors (Lipinski definition) is 3. The van der Waals surface area contributed by atoms with Crippen LogP contribution in [0.25, 0.3) is 0 Å². The lowest BCUT2D eigenvalue weighted by atomic mass is 10.1. The summed E-state index contributed by atoms with van der Waals surface area (Å²) in [5, 5.41) is 8.72. The lowest BCUT2D eigenvalue weighted by Gasteiger charge is -2.03. The molecule has 64 valence electrons. The molecule has 4 N–H and O–H groups in total. The highest BCUT2D eigenvalue weighted by atomic mass is 16.4. The first-order chi connectivity index (χ1) is 5.75. The van der Waals surface area contributed by atoms with Crippen molar-refractivity contribution in [1.29, 1.82) is 0 Å². The van der Waals surface area contributed by atoms with Crippen LogP contribution in [0.4, 0.5) is 0 Å². The predicted octanol–water partition coefficient (Wildman–Crippen LogP) is 0.348. The van der Waals surface area contributed by atoms with Crippen LogP contribution >= 0.6 is 0 Å². The lowest BCUT2D eigenvalue weighted by Crippen LogP contribution is -2.22. The Morgan fingerprint density at radius 1 is 1.50 bits per heavy atom. The maximum atomic E-state index is 10.6. The summed E-state index contributed by atoms with van der Waals surface area (Å²) in [6, 6.07) is 6.74. The van der Waals surface area contributed by atoms with Crippen LogP contribution in [0.5, 0.6) is 0 Å². The molecule has 0 amide bonds. The van der Waals surface area contributed by atoms with Gasteiger partial charge in [0.05, 0.1) is 5.56 Å². The number of hydrazine groups is 1. The third kappa shape index (κ3) is 1.81. The van der Waals surface area contributed by atoms with Crippen molar-refractivity contribution in [3.05, 3.63) is 35.4 Å². The van der Waals surface area contributed by atoms with E-state index >= 15 is 0 Å². The average Bonchev–Trinajstić information content (AvgIpc) is 2.05. The topological polar surface area (TPSA) is 75.3 Å². The molecule has 4 heteroatoms. The van der Waals surface area contributed by atoms with Gasteiger partial charge in [-0.1, -0.05) is 18.2 Å². The minimum Gasteiger partial charge on any atom is -0.478 e. The van der Waals surface area contributed by atoms with E-state index in [2.05, 4.69) is 5.43 Å². The summed E-state index contributed by atoms with van der Waals surface area (Å²) in [4.78, 5) is 10.6. The average molecular weight is 166 g/mol. The zero-order valence-corrected chi connectivity index (χ0v) is 6.45. The number of benzene rings is 1. The van der Waals surface area contributed by atoms with Gasteiger partial charge < -0.3 is 5.11 Å². The normalized spacial score (nSPS) is 9.75. The summed E-state index contributed by atoms with van der Waals surface area (Å²) < 4.78 is 0. The molecule has 0 unspecified atom stereocenters. The van der Waals surface area contributed by atoms with E-state index in [1.54, 1.807) is 24.3 Å². The van der Waals surface area contributed by atoms with Gasteiger partial charge in [0.15, 0.2) is 0 Å². The van der Waals surface area contributed by atoms with Gasteiger partial charge in [-0.3, -0.25) is 11.3 Å². The standard InChI is InChI=1S/C8H10N2O2/c9-10-5-6-3-1-2-4-7(6)8(11)12/h1-4,10H,5,9H2,(H,11,12). The van der Waals surface area contributed by atoms with Gasteiger partial charge in [-0.05, 0) is 11.6 Å². The molecule has 0 aliphatic rings. The van der Waals surface area contributed by atoms with Gasteiger partial charge in [0.2, 0.25) is 0 Å². The second-order valence-electron chi connectivity index (χ2n) is 2.34. The molecular formula is C8H10N2O2.